The van der Waals surface area contributed by atoms with E-state index < -0.39 is 24.4 Å². The van der Waals surface area contributed by atoms with Gasteiger partial charge in [-0.25, -0.2) is 9.97 Å². The number of anilines is 1. The summed E-state index contributed by atoms with van der Waals surface area (Å²) in [4.78, 5) is 23.7. The highest BCUT2D eigenvalue weighted by Crippen LogP contribution is 2.35. The second kappa shape index (κ2) is 12.2. The van der Waals surface area contributed by atoms with Crippen molar-refractivity contribution in [2.24, 2.45) is 11.5 Å². The van der Waals surface area contributed by atoms with Gasteiger partial charge in [0.25, 0.3) is 0 Å². The lowest BCUT2D eigenvalue weighted by atomic mass is 10.1. The molecular weight excluding hydrogens is 508 g/mol. The number of carbonyl (C=O) groups excluding carboxylic acids is 1. The van der Waals surface area contributed by atoms with Crippen LogP contribution in [0.3, 0.4) is 0 Å². The number of benzene rings is 1. The predicted molar refractivity (Wildman–Crippen MR) is 147 cm³/mol. The van der Waals surface area contributed by atoms with Gasteiger partial charge in [-0.3, -0.25) is 4.79 Å². The van der Waals surface area contributed by atoms with E-state index in [-0.39, 0.29) is 18.5 Å². The number of ether oxygens (including phenoxy) is 3. The summed E-state index contributed by atoms with van der Waals surface area (Å²) in [6.45, 7) is 6.86. The molecule has 0 aliphatic carbocycles. The summed E-state index contributed by atoms with van der Waals surface area (Å²) in [6, 6.07) is 6.41. The van der Waals surface area contributed by atoms with Crippen LogP contribution in [-0.2, 0) is 9.53 Å². The molecule has 1 fully saturated rings. The van der Waals surface area contributed by atoms with Crippen LogP contribution in [0.5, 0.6) is 11.5 Å². The van der Waals surface area contributed by atoms with Crippen molar-refractivity contribution >= 4 is 33.3 Å². The lowest BCUT2D eigenvalue weighted by molar-refractivity contribution is -0.135. The minimum Gasteiger partial charge on any atom is -0.491 e. The Hall–Kier alpha value is -3.03. The first-order chi connectivity index (χ1) is 18.2. The molecule has 0 spiro atoms. The maximum Gasteiger partial charge on any atom is 0.239 e. The maximum atomic E-state index is 12.7. The molecule has 3 aromatic rings. The first-order valence-corrected chi connectivity index (χ1v) is 13.5. The van der Waals surface area contributed by atoms with Crippen molar-refractivity contribution in [1.82, 2.24) is 14.9 Å². The first-order valence-electron chi connectivity index (χ1n) is 12.6. The van der Waals surface area contributed by atoms with Crippen LogP contribution in [0.15, 0.2) is 29.6 Å². The second-order valence-electron chi connectivity index (χ2n) is 9.68. The first kappa shape index (κ1) is 28.0. The van der Waals surface area contributed by atoms with Crippen LogP contribution in [0.1, 0.15) is 27.2 Å². The Balaban J connectivity index is 1.68. The van der Waals surface area contributed by atoms with E-state index >= 15 is 0 Å². The summed E-state index contributed by atoms with van der Waals surface area (Å²) in [6.07, 6.45) is -1.23. The van der Waals surface area contributed by atoms with Crippen molar-refractivity contribution in [1.29, 1.82) is 0 Å². The van der Waals surface area contributed by atoms with Crippen LogP contribution >= 0.6 is 11.3 Å². The van der Waals surface area contributed by atoms with Crippen LogP contribution in [0.4, 0.5) is 5.13 Å². The highest BCUT2D eigenvalue weighted by molar-refractivity contribution is 7.14. The van der Waals surface area contributed by atoms with E-state index in [2.05, 4.69) is 19.2 Å². The lowest BCUT2D eigenvalue weighted by Gasteiger charge is -2.27. The average molecular weight is 545 g/mol. The minimum atomic E-state index is -1.20. The maximum absolute atomic E-state index is 12.7. The molecule has 38 heavy (non-hydrogen) atoms. The predicted octanol–water partition coefficient (Wildman–Crippen LogP) is 2.18. The van der Waals surface area contributed by atoms with Crippen LogP contribution in [0, 0.1) is 0 Å². The highest BCUT2D eigenvalue weighted by Gasteiger charge is 2.40. The molecule has 1 aromatic carbocycles. The van der Waals surface area contributed by atoms with Gasteiger partial charge in [0, 0.05) is 42.5 Å². The second-order valence-corrected chi connectivity index (χ2v) is 10.5. The van der Waals surface area contributed by atoms with Crippen LogP contribution in [-0.4, -0.2) is 83.2 Å². The van der Waals surface area contributed by atoms with Crippen molar-refractivity contribution in [3.8, 4) is 22.9 Å². The van der Waals surface area contributed by atoms with Gasteiger partial charge in [0.15, 0.2) is 5.13 Å². The monoisotopic (exact) mass is 544 g/mol. The van der Waals surface area contributed by atoms with Crippen LogP contribution in [0.25, 0.3) is 22.3 Å². The zero-order valence-corrected chi connectivity index (χ0v) is 22.9. The molecule has 1 aliphatic rings. The number of fused-ring (bicyclic) bond motifs is 1. The van der Waals surface area contributed by atoms with Gasteiger partial charge in [-0.05, 0) is 32.9 Å². The van der Waals surface area contributed by atoms with Crippen molar-refractivity contribution in [2.45, 2.75) is 57.6 Å². The number of hydrogen-bond acceptors (Lipinski definition) is 11. The molecule has 0 bridgehead atoms. The smallest absolute Gasteiger partial charge is 0.239 e. The number of nitrogens with two attached hydrogens (primary N) is 2. The summed E-state index contributed by atoms with van der Waals surface area (Å²) in [5.41, 5.74) is 13.7. The third kappa shape index (κ3) is 6.51. The number of nitrogens with one attached hydrogen (secondary N) is 1. The largest absolute Gasteiger partial charge is 0.491 e. The highest BCUT2D eigenvalue weighted by atomic mass is 32.1. The number of thiazole rings is 1. The van der Waals surface area contributed by atoms with Gasteiger partial charge in [-0.15, -0.1) is 11.3 Å². The Kier molecular flexibility index (Phi) is 9.00. The quantitative estimate of drug-likeness (QED) is 0.208. The van der Waals surface area contributed by atoms with E-state index in [0.717, 1.165) is 10.5 Å². The van der Waals surface area contributed by atoms with Gasteiger partial charge in [0.1, 0.15) is 36.1 Å². The molecule has 1 unspecified atom stereocenters. The number of rotatable bonds is 11. The van der Waals surface area contributed by atoms with Gasteiger partial charge in [-0.2, -0.15) is 0 Å². The molecule has 3 heterocycles. The Labute approximate surface area is 226 Å². The van der Waals surface area contributed by atoms with Gasteiger partial charge >= 0.3 is 0 Å². The molecule has 4 rings (SSSR count). The molecule has 12 heteroatoms. The fraction of sp³-hybridized carbons (Fsp3) is 0.500. The summed E-state index contributed by atoms with van der Waals surface area (Å²) < 4.78 is 17.3. The number of aromatic nitrogens is 2. The molecule has 2 aromatic heterocycles. The average Bonchev–Trinajstić information content (AvgIpc) is 3.50. The zero-order chi connectivity index (χ0) is 27.4. The van der Waals surface area contributed by atoms with E-state index in [1.54, 1.807) is 14.0 Å². The summed E-state index contributed by atoms with van der Waals surface area (Å²) >= 11 is 1.50. The molecule has 206 valence electrons. The topological polar surface area (TPSA) is 158 Å². The molecule has 1 amide bonds. The van der Waals surface area contributed by atoms with Crippen molar-refractivity contribution in [3.05, 3.63) is 29.6 Å². The van der Waals surface area contributed by atoms with Crippen molar-refractivity contribution < 1.29 is 24.1 Å². The number of amides is 1. The van der Waals surface area contributed by atoms with Crippen molar-refractivity contribution in [3.63, 3.8) is 0 Å². The van der Waals surface area contributed by atoms with Crippen LogP contribution < -0.4 is 26.3 Å². The van der Waals surface area contributed by atoms with Crippen LogP contribution in [0.2, 0.25) is 0 Å². The van der Waals surface area contributed by atoms with Crippen molar-refractivity contribution in [2.75, 3.05) is 32.2 Å². The standard InChI is InChI=1S/C26H36N6O5S/c1-14(2)29-26-31-21(13-38-26)20-11-23(18-6-5-16(9-19(18)30-20)36-8-7-35-4)37-17-10-22(24(28)33)32(12-17)25(34)15(3)27/h5-6,9,11,13-15,17,22,24,33H,7-8,10,12,27-28H2,1-4H3,(H,29,31)/t15-,17+,22-,24?/m0/s1. The SMILES string of the molecule is COCCOc1ccc2c(O[C@@H]3C[C@@H](C(N)O)N(C(=O)[C@H](C)N)C3)cc(-c3csc(NC(C)C)n3)nc2c1. The third-order valence-corrected chi connectivity index (χ3v) is 6.92. The molecule has 11 nitrogen and oxygen atoms in total. The molecule has 0 radical (unpaired) electrons. The van der Waals surface area contributed by atoms with E-state index in [0.29, 0.717) is 48.0 Å². The number of hydrogen-bond donors (Lipinski definition) is 4. The fourth-order valence-corrected chi connectivity index (χ4v) is 5.22. The molecular formula is C26H36N6O5S. The normalized spacial score (nSPS) is 19.1. The minimum absolute atomic E-state index is 0.249. The van der Waals surface area contributed by atoms with E-state index in [1.807, 2.05) is 29.6 Å². The Morgan fingerprint density at radius 1 is 1.21 bits per heavy atom. The number of nitrogens with zero attached hydrogens (tertiary/aromatic N) is 3. The summed E-state index contributed by atoms with van der Waals surface area (Å²) in [5.74, 6) is 0.966. The zero-order valence-electron chi connectivity index (χ0n) is 22.1. The van der Waals surface area contributed by atoms with Gasteiger partial charge in [0.2, 0.25) is 5.91 Å². The van der Waals surface area contributed by atoms with E-state index in [4.69, 9.17) is 35.6 Å². The molecule has 1 saturated heterocycles. The summed E-state index contributed by atoms with van der Waals surface area (Å²) in [7, 11) is 1.62. The number of pyridine rings is 1. The van der Waals surface area contributed by atoms with E-state index in [1.165, 1.54) is 16.2 Å². The molecule has 4 atom stereocenters. The number of methoxy groups -OCH3 is 1. The third-order valence-electron chi connectivity index (χ3n) is 6.14. The fourth-order valence-electron chi connectivity index (χ4n) is 4.37. The Morgan fingerprint density at radius 2 is 2.00 bits per heavy atom. The van der Waals surface area contributed by atoms with E-state index in [9.17, 15) is 9.90 Å². The number of aliphatic hydroxyl groups excluding tert-OH is 1. The summed E-state index contributed by atoms with van der Waals surface area (Å²) in [5, 5.41) is 17.0. The number of likely N-dealkylation sites (tertiary alicyclic amines) is 1. The Morgan fingerprint density at radius 3 is 2.68 bits per heavy atom. The number of aliphatic hydroxyl groups is 1. The lowest BCUT2D eigenvalue weighted by Crippen LogP contribution is -2.51. The molecule has 6 N–H and O–H groups in total. The number of carbonyl (C=O) groups is 1. The van der Waals surface area contributed by atoms with Gasteiger partial charge < -0.3 is 41.0 Å². The van der Waals surface area contributed by atoms with Gasteiger partial charge in [0.05, 0.1) is 36.4 Å². The Bertz CT molecular complexity index is 1250. The van der Waals surface area contributed by atoms with Gasteiger partial charge in [-0.1, -0.05) is 0 Å². The molecule has 1 aliphatic heterocycles. The molecule has 0 saturated carbocycles.